The summed E-state index contributed by atoms with van der Waals surface area (Å²) in [4.78, 5) is 27.6. The number of amides is 1. The molecule has 0 spiro atoms. The van der Waals surface area contributed by atoms with E-state index in [0.717, 1.165) is 48.8 Å². The molecule has 3 heterocycles. The third kappa shape index (κ3) is 4.12. The van der Waals surface area contributed by atoms with E-state index in [4.69, 9.17) is 4.74 Å². The molecule has 1 aliphatic heterocycles. The molecule has 0 atom stereocenters. The van der Waals surface area contributed by atoms with Gasteiger partial charge in [0.2, 0.25) is 5.91 Å². The fourth-order valence-corrected chi connectivity index (χ4v) is 3.83. The molecule has 1 N–H and O–H groups in total. The Morgan fingerprint density at radius 3 is 2.64 bits per heavy atom. The van der Waals surface area contributed by atoms with E-state index in [1.165, 1.54) is 11.3 Å². The number of hydrogen-bond donors (Lipinski definition) is 1. The molecule has 144 valence electrons. The van der Waals surface area contributed by atoms with E-state index in [0.29, 0.717) is 5.13 Å². The Labute approximate surface area is 167 Å². The summed E-state index contributed by atoms with van der Waals surface area (Å²) in [6, 6.07) is 9.81. The molecular formula is C20H21N5O2S. The molecule has 0 aliphatic carbocycles. The maximum absolute atomic E-state index is 12.4. The fourth-order valence-electron chi connectivity index (χ4n) is 3.30. The highest BCUT2D eigenvalue weighted by atomic mass is 32.1. The first-order valence-electron chi connectivity index (χ1n) is 9.15. The van der Waals surface area contributed by atoms with Crippen LogP contribution >= 0.6 is 11.3 Å². The summed E-state index contributed by atoms with van der Waals surface area (Å²) in [6.07, 6.45) is 4.87. The number of nitrogens with one attached hydrogen (secondary N) is 1. The van der Waals surface area contributed by atoms with Gasteiger partial charge in [-0.25, -0.2) is 15.0 Å². The molecule has 0 bridgehead atoms. The van der Waals surface area contributed by atoms with Crippen molar-refractivity contribution in [2.45, 2.75) is 12.8 Å². The summed E-state index contributed by atoms with van der Waals surface area (Å²) < 4.78 is 5.21. The topological polar surface area (TPSA) is 80.2 Å². The first kappa shape index (κ1) is 18.4. The van der Waals surface area contributed by atoms with E-state index < -0.39 is 0 Å². The first-order chi connectivity index (χ1) is 13.7. The molecule has 1 aliphatic rings. The van der Waals surface area contributed by atoms with Crippen LogP contribution in [0.1, 0.15) is 12.8 Å². The van der Waals surface area contributed by atoms with Crippen LogP contribution in [-0.4, -0.2) is 41.1 Å². The Kier molecular flexibility index (Phi) is 5.48. The predicted molar refractivity (Wildman–Crippen MR) is 110 cm³/mol. The zero-order valence-electron chi connectivity index (χ0n) is 15.5. The Hall–Kier alpha value is -3.00. The van der Waals surface area contributed by atoms with Crippen molar-refractivity contribution in [2.75, 3.05) is 30.4 Å². The van der Waals surface area contributed by atoms with Gasteiger partial charge in [-0.2, -0.15) is 0 Å². The van der Waals surface area contributed by atoms with Gasteiger partial charge >= 0.3 is 0 Å². The average Bonchev–Trinajstić information content (AvgIpc) is 3.27. The van der Waals surface area contributed by atoms with Crippen molar-refractivity contribution in [1.82, 2.24) is 15.0 Å². The van der Waals surface area contributed by atoms with Crippen LogP contribution < -0.4 is 15.0 Å². The fraction of sp³-hybridized carbons (Fsp3) is 0.300. The SMILES string of the molecule is COc1ccc(-c2cc(N3CCC(C(=O)Nc4nccs4)CC3)ncn2)cc1. The van der Waals surface area contributed by atoms with Gasteiger partial charge in [-0.3, -0.25) is 4.79 Å². The largest absolute Gasteiger partial charge is 0.497 e. The molecule has 1 fully saturated rings. The Morgan fingerprint density at radius 2 is 1.96 bits per heavy atom. The van der Waals surface area contributed by atoms with Crippen molar-refractivity contribution in [3.05, 3.63) is 48.2 Å². The Balaban J connectivity index is 1.39. The van der Waals surface area contributed by atoms with E-state index in [-0.39, 0.29) is 11.8 Å². The number of piperidine rings is 1. The Morgan fingerprint density at radius 1 is 1.18 bits per heavy atom. The number of anilines is 2. The summed E-state index contributed by atoms with van der Waals surface area (Å²) in [6.45, 7) is 1.57. The van der Waals surface area contributed by atoms with E-state index in [1.54, 1.807) is 19.6 Å². The van der Waals surface area contributed by atoms with Gasteiger partial charge in [0.25, 0.3) is 0 Å². The number of rotatable bonds is 5. The van der Waals surface area contributed by atoms with E-state index >= 15 is 0 Å². The number of carbonyl (C=O) groups excluding carboxylic acids is 1. The van der Waals surface area contributed by atoms with Crippen molar-refractivity contribution in [3.8, 4) is 17.0 Å². The molecule has 8 heteroatoms. The lowest BCUT2D eigenvalue weighted by molar-refractivity contribution is -0.120. The van der Waals surface area contributed by atoms with Crippen LogP contribution in [0.25, 0.3) is 11.3 Å². The molecule has 3 aromatic rings. The summed E-state index contributed by atoms with van der Waals surface area (Å²) in [5, 5.41) is 5.41. The lowest BCUT2D eigenvalue weighted by atomic mass is 9.96. The first-order valence-corrected chi connectivity index (χ1v) is 10.0. The number of methoxy groups -OCH3 is 1. The van der Waals surface area contributed by atoms with Crippen molar-refractivity contribution < 1.29 is 9.53 Å². The number of carbonyl (C=O) groups is 1. The number of ether oxygens (including phenoxy) is 1. The van der Waals surface area contributed by atoms with Gasteiger partial charge in [-0.15, -0.1) is 11.3 Å². The molecule has 7 nitrogen and oxygen atoms in total. The normalized spacial score (nSPS) is 14.7. The predicted octanol–water partition coefficient (Wildman–Crippen LogP) is 3.46. The number of hydrogen-bond acceptors (Lipinski definition) is 7. The molecular weight excluding hydrogens is 374 g/mol. The summed E-state index contributed by atoms with van der Waals surface area (Å²) in [5.74, 6) is 1.76. The highest BCUT2D eigenvalue weighted by Gasteiger charge is 2.26. The maximum Gasteiger partial charge on any atom is 0.229 e. The average molecular weight is 395 g/mol. The van der Waals surface area contributed by atoms with Crippen molar-refractivity contribution in [1.29, 1.82) is 0 Å². The van der Waals surface area contributed by atoms with Crippen LogP contribution in [0, 0.1) is 5.92 Å². The second-order valence-electron chi connectivity index (χ2n) is 6.58. The van der Waals surface area contributed by atoms with Crippen molar-refractivity contribution in [3.63, 3.8) is 0 Å². The van der Waals surface area contributed by atoms with Gasteiger partial charge in [-0.05, 0) is 37.1 Å². The number of aromatic nitrogens is 3. The lowest BCUT2D eigenvalue weighted by Crippen LogP contribution is -2.38. The lowest BCUT2D eigenvalue weighted by Gasteiger charge is -2.32. The number of benzene rings is 1. The summed E-state index contributed by atoms with van der Waals surface area (Å²) in [5.41, 5.74) is 1.89. The third-order valence-electron chi connectivity index (χ3n) is 4.89. The van der Waals surface area contributed by atoms with Gasteiger partial charge < -0.3 is 15.0 Å². The zero-order valence-corrected chi connectivity index (χ0v) is 16.4. The Bertz CT molecular complexity index is 922. The molecule has 28 heavy (non-hydrogen) atoms. The second-order valence-corrected chi connectivity index (χ2v) is 7.47. The zero-order chi connectivity index (χ0) is 19.3. The van der Waals surface area contributed by atoms with Crippen LogP contribution in [0.2, 0.25) is 0 Å². The number of thiazole rings is 1. The monoisotopic (exact) mass is 395 g/mol. The second kappa shape index (κ2) is 8.35. The molecule has 2 aromatic heterocycles. The van der Waals surface area contributed by atoms with Gasteiger partial charge in [-0.1, -0.05) is 0 Å². The summed E-state index contributed by atoms with van der Waals surface area (Å²) >= 11 is 1.44. The highest BCUT2D eigenvalue weighted by Crippen LogP contribution is 2.27. The third-order valence-corrected chi connectivity index (χ3v) is 5.58. The van der Waals surface area contributed by atoms with Crippen LogP contribution in [0.15, 0.2) is 48.2 Å². The molecule has 0 saturated carbocycles. The molecule has 1 saturated heterocycles. The van der Waals surface area contributed by atoms with Crippen LogP contribution in [-0.2, 0) is 4.79 Å². The standard InChI is InChI=1S/C20H21N5O2S/c1-27-16-4-2-14(3-5-16)17-12-18(23-13-22-17)25-9-6-15(7-10-25)19(26)24-20-21-8-11-28-20/h2-5,8,11-13,15H,6-7,9-10H2,1H3,(H,21,24,26). The van der Waals surface area contributed by atoms with Crippen LogP contribution in [0.4, 0.5) is 10.9 Å². The van der Waals surface area contributed by atoms with Crippen molar-refractivity contribution >= 4 is 28.2 Å². The van der Waals surface area contributed by atoms with Crippen LogP contribution in [0.3, 0.4) is 0 Å². The highest BCUT2D eigenvalue weighted by molar-refractivity contribution is 7.13. The maximum atomic E-state index is 12.4. The molecule has 1 aromatic carbocycles. The summed E-state index contributed by atoms with van der Waals surface area (Å²) in [7, 11) is 1.65. The molecule has 0 unspecified atom stereocenters. The molecule has 1 amide bonds. The molecule has 0 radical (unpaired) electrons. The van der Waals surface area contributed by atoms with Crippen molar-refractivity contribution in [2.24, 2.45) is 5.92 Å². The van der Waals surface area contributed by atoms with E-state index in [2.05, 4.69) is 25.2 Å². The van der Waals surface area contributed by atoms with Gasteiger partial charge in [0.05, 0.1) is 12.8 Å². The smallest absolute Gasteiger partial charge is 0.229 e. The number of nitrogens with zero attached hydrogens (tertiary/aromatic N) is 4. The molecule has 4 rings (SSSR count). The van der Waals surface area contributed by atoms with Gasteiger partial charge in [0, 0.05) is 42.2 Å². The quantitative estimate of drug-likeness (QED) is 0.713. The van der Waals surface area contributed by atoms with E-state index in [1.807, 2.05) is 35.7 Å². The minimum atomic E-state index is 0.00282. The van der Waals surface area contributed by atoms with Gasteiger partial charge in [0.1, 0.15) is 17.9 Å². The minimum Gasteiger partial charge on any atom is -0.497 e. The minimum absolute atomic E-state index is 0.00282. The van der Waals surface area contributed by atoms with E-state index in [9.17, 15) is 4.79 Å². The van der Waals surface area contributed by atoms with Crippen LogP contribution in [0.5, 0.6) is 5.75 Å². The van der Waals surface area contributed by atoms with Gasteiger partial charge in [0.15, 0.2) is 5.13 Å².